The molecule has 0 saturated heterocycles. The number of hydrogen-bond acceptors (Lipinski definition) is 15. The van der Waals surface area contributed by atoms with Gasteiger partial charge in [0.1, 0.15) is 19.3 Å². The molecule has 0 heterocycles. The average molecular weight is 1370 g/mol. The Labute approximate surface area is 571 Å². The Morgan fingerprint density at radius 1 is 0.298 bits per heavy atom. The van der Waals surface area contributed by atoms with Gasteiger partial charge < -0.3 is 33.8 Å². The second kappa shape index (κ2) is 68.3. The van der Waals surface area contributed by atoms with Crippen molar-refractivity contribution in [1.82, 2.24) is 0 Å². The number of unbranched alkanes of at least 4 members (excludes halogenated alkanes) is 35. The van der Waals surface area contributed by atoms with Gasteiger partial charge in [-0.2, -0.15) is 0 Å². The summed E-state index contributed by atoms with van der Waals surface area (Å²) in [6.07, 6.45) is 65.0. The zero-order chi connectivity index (χ0) is 69.0. The minimum absolute atomic E-state index is 0.0787. The number of carbonyl (C=O) groups is 4. The molecule has 94 heavy (non-hydrogen) atoms. The molecule has 0 radical (unpaired) electrons. The van der Waals surface area contributed by atoms with Crippen LogP contribution in [0.4, 0.5) is 0 Å². The standard InChI is InChI=1S/C75H136O17P2/c1-5-9-13-17-21-25-29-32-34-37-40-43-47-51-55-59-72(77)85-65-70(91-74(79)61-57-53-49-45-39-28-24-20-16-12-8-4)67-89-93(81,82)87-63-69(76)64-88-94(83,84)90-68-71(92-75(80)62-58-54-50-46-42-36-31-27-23-19-15-11-7-3)66-86-73(78)60-56-52-48-44-41-38-35-33-30-26-22-18-14-10-6-2/h15,19,22,26-27,31-35,69-71,76H,5-14,16-18,20-21,23-25,28-30,36-68H2,1-4H3,(H,81,82)(H,83,84)/b19-15-,26-22-,31-27-,34-32-,35-33-. The smallest absolute Gasteiger partial charge is 0.462 e. The molecular formula is C75H136O17P2. The number of aliphatic hydroxyl groups excluding tert-OH is 1. The van der Waals surface area contributed by atoms with Crippen LogP contribution in [0.5, 0.6) is 0 Å². The number of ether oxygens (including phenoxy) is 4. The summed E-state index contributed by atoms with van der Waals surface area (Å²) < 4.78 is 68.3. The third kappa shape index (κ3) is 67.3. The molecule has 17 nitrogen and oxygen atoms in total. The number of phosphoric ester groups is 2. The van der Waals surface area contributed by atoms with Crippen LogP contribution in [0.15, 0.2) is 60.8 Å². The predicted octanol–water partition coefficient (Wildman–Crippen LogP) is 21.1. The van der Waals surface area contributed by atoms with Crippen molar-refractivity contribution in [2.75, 3.05) is 39.6 Å². The highest BCUT2D eigenvalue weighted by Crippen LogP contribution is 2.45. The minimum Gasteiger partial charge on any atom is -0.462 e. The third-order valence-electron chi connectivity index (χ3n) is 15.9. The Hall–Kier alpha value is -3.24. The van der Waals surface area contributed by atoms with Crippen molar-refractivity contribution >= 4 is 39.5 Å². The summed E-state index contributed by atoms with van der Waals surface area (Å²) in [6.45, 7) is 4.77. The molecule has 0 aliphatic rings. The number of esters is 4. The van der Waals surface area contributed by atoms with Crippen molar-refractivity contribution in [2.45, 2.75) is 354 Å². The quantitative estimate of drug-likeness (QED) is 0.0169. The molecule has 548 valence electrons. The van der Waals surface area contributed by atoms with E-state index in [1.165, 1.54) is 96.3 Å². The van der Waals surface area contributed by atoms with Crippen LogP contribution in [0.3, 0.4) is 0 Å². The molecule has 0 aromatic carbocycles. The number of phosphoric acid groups is 2. The lowest BCUT2D eigenvalue weighted by atomic mass is 10.1. The van der Waals surface area contributed by atoms with Crippen molar-refractivity contribution in [3.63, 3.8) is 0 Å². The number of carbonyl (C=O) groups excluding carboxylic acids is 4. The molecule has 3 N–H and O–H groups in total. The maximum Gasteiger partial charge on any atom is 0.472 e. The normalized spacial score (nSPS) is 14.3. The zero-order valence-corrected chi connectivity index (χ0v) is 61.4. The molecule has 0 spiro atoms. The van der Waals surface area contributed by atoms with Crippen LogP contribution in [-0.2, 0) is 65.4 Å². The molecule has 19 heteroatoms. The van der Waals surface area contributed by atoms with Gasteiger partial charge in [0.2, 0.25) is 0 Å². The van der Waals surface area contributed by atoms with Crippen molar-refractivity contribution in [2.24, 2.45) is 0 Å². The Kier molecular flexibility index (Phi) is 65.9. The van der Waals surface area contributed by atoms with Gasteiger partial charge in [0.25, 0.3) is 0 Å². The fraction of sp³-hybridized carbons (Fsp3) is 0.813. The van der Waals surface area contributed by atoms with Gasteiger partial charge in [-0.25, -0.2) is 9.13 Å². The Morgan fingerprint density at radius 2 is 0.543 bits per heavy atom. The number of aliphatic hydroxyl groups is 1. The topological polar surface area (TPSA) is 237 Å². The van der Waals surface area contributed by atoms with Crippen LogP contribution < -0.4 is 0 Å². The molecule has 0 fully saturated rings. The highest BCUT2D eigenvalue weighted by atomic mass is 31.2. The van der Waals surface area contributed by atoms with Crippen molar-refractivity contribution in [3.8, 4) is 0 Å². The van der Waals surface area contributed by atoms with Crippen LogP contribution >= 0.6 is 15.6 Å². The minimum atomic E-state index is -4.97. The van der Waals surface area contributed by atoms with E-state index in [0.717, 1.165) is 161 Å². The molecule has 5 unspecified atom stereocenters. The summed E-state index contributed by atoms with van der Waals surface area (Å²) in [4.78, 5) is 72.7. The van der Waals surface area contributed by atoms with E-state index in [2.05, 4.69) is 88.5 Å². The summed E-state index contributed by atoms with van der Waals surface area (Å²) >= 11 is 0. The largest absolute Gasteiger partial charge is 0.472 e. The lowest BCUT2D eigenvalue weighted by Crippen LogP contribution is -2.30. The fourth-order valence-electron chi connectivity index (χ4n) is 10.2. The first-order chi connectivity index (χ1) is 45.7. The monoisotopic (exact) mass is 1370 g/mol. The van der Waals surface area contributed by atoms with E-state index in [4.69, 9.17) is 37.0 Å². The van der Waals surface area contributed by atoms with E-state index in [0.29, 0.717) is 25.7 Å². The Morgan fingerprint density at radius 3 is 0.862 bits per heavy atom. The summed E-state index contributed by atoms with van der Waals surface area (Å²) in [7, 11) is -9.94. The van der Waals surface area contributed by atoms with Gasteiger partial charge in [0.15, 0.2) is 12.2 Å². The lowest BCUT2D eigenvalue weighted by Gasteiger charge is -2.21. The van der Waals surface area contributed by atoms with Gasteiger partial charge in [-0.05, 0) is 109 Å². The maximum absolute atomic E-state index is 13.0. The van der Waals surface area contributed by atoms with Crippen molar-refractivity contribution in [3.05, 3.63) is 60.8 Å². The summed E-state index contributed by atoms with van der Waals surface area (Å²) in [6, 6.07) is 0. The Bertz CT molecular complexity index is 2030. The van der Waals surface area contributed by atoms with E-state index < -0.39 is 97.5 Å². The molecule has 0 amide bonds. The molecule has 0 aliphatic heterocycles. The van der Waals surface area contributed by atoms with Crippen LogP contribution in [-0.4, -0.2) is 96.7 Å². The average Bonchev–Trinajstić information content (AvgIpc) is 1.22. The lowest BCUT2D eigenvalue weighted by molar-refractivity contribution is -0.161. The second-order valence-electron chi connectivity index (χ2n) is 25.2. The van der Waals surface area contributed by atoms with Gasteiger partial charge in [0.05, 0.1) is 26.4 Å². The van der Waals surface area contributed by atoms with Crippen LogP contribution in [0, 0.1) is 0 Å². The van der Waals surface area contributed by atoms with Crippen LogP contribution in [0.2, 0.25) is 0 Å². The molecule has 0 rings (SSSR count). The van der Waals surface area contributed by atoms with E-state index in [9.17, 15) is 43.2 Å². The van der Waals surface area contributed by atoms with Gasteiger partial charge in [0, 0.05) is 25.7 Å². The molecule has 0 aromatic rings. The highest BCUT2D eigenvalue weighted by molar-refractivity contribution is 7.47. The summed E-state index contributed by atoms with van der Waals surface area (Å²) in [5, 5.41) is 10.6. The number of rotatable bonds is 71. The number of hydrogen-bond donors (Lipinski definition) is 3. The zero-order valence-electron chi connectivity index (χ0n) is 59.6. The first-order valence-electron chi connectivity index (χ1n) is 37.5. The maximum atomic E-state index is 13.0. The fourth-order valence-corrected chi connectivity index (χ4v) is 11.7. The highest BCUT2D eigenvalue weighted by Gasteiger charge is 2.30. The summed E-state index contributed by atoms with van der Waals surface area (Å²) in [5.74, 6) is -2.19. The van der Waals surface area contributed by atoms with Gasteiger partial charge in [-0.3, -0.25) is 37.3 Å². The number of allylic oxidation sites excluding steroid dienone is 10. The predicted molar refractivity (Wildman–Crippen MR) is 381 cm³/mol. The molecule has 0 aromatic heterocycles. The van der Waals surface area contributed by atoms with E-state index in [1.807, 2.05) is 0 Å². The Balaban J connectivity index is 5.31. The van der Waals surface area contributed by atoms with Gasteiger partial charge >= 0.3 is 39.5 Å². The van der Waals surface area contributed by atoms with E-state index in [-0.39, 0.29) is 25.7 Å². The summed E-state index contributed by atoms with van der Waals surface area (Å²) in [5.41, 5.74) is 0. The third-order valence-corrected chi connectivity index (χ3v) is 17.8. The SMILES string of the molecule is CCC/C=C\C/C=C\CCCCCCCC(=O)OC(COC(=O)CCCCCCC/C=C\C/C=C\CCCCC)COP(=O)(O)OCC(O)COP(=O)(O)OCC(COC(=O)CCCCCCC/C=C\CCCCCCCC)OC(=O)CCCCCCCCCCCCC. The second-order valence-corrected chi connectivity index (χ2v) is 28.1. The molecule has 0 saturated carbocycles. The van der Waals surface area contributed by atoms with E-state index in [1.54, 1.807) is 0 Å². The van der Waals surface area contributed by atoms with Crippen molar-refractivity contribution < 1.29 is 80.2 Å². The van der Waals surface area contributed by atoms with E-state index >= 15 is 0 Å². The molecule has 0 bridgehead atoms. The molecule has 5 atom stereocenters. The molecular weight excluding hydrogens is 1230 g/mol. The first kappa shape index (κ1) is 90.8. The van der Waals surface area contributed by atoms with Crippen molar-refractivity contribution in [1.29, 1.82) is 0 Å². The van der Waals surface area contributed by atoms with Gasteiger partial charge in [-0.1, -0.05) is 262 Å². The van der Waals surface area contributed by atoms with Crippen LogP contribution in [0.1, 0.15) is 336 Å². The van der Waals surface area contributed by atoms with Gasteiger partial charge in [-0.15, -0.1) is 0 Å². The first-order valence-corrected chi connectivity index (χ1v) is 40.5. The van der Waals surface area contributed by atoms with Crippen LogP contribution in [0.25, 0.3) is 0 Å². The molecule has 0 aliphatic carbocycles.